The van der Waals surface area contributed by atoms with E-state index in [9.17, 15) is 4.79 Å². The highest BCUT2D eigenvalue weighted by atomic mass is 16.1. The lowest BCUT2D eigenvalue weighted by molar-refractivity contribution is -0.126. The molecular weight excluding hydrogens is 284 g/mol. The number of aromatic amines is 1. The molecule has 1 aromatic heterocycles. The highest BCUT2D eigenvalue weighted by molar-refractivity contribution is 5.89. The van der Waals surface area contributed by atoms with Gasteiger partial charge in [0.05, 0.1) is 6.42 Å². The van der Waals surface area contributed by atoms with E-state index in [1.807, 2.05) is 18.3 Å². The second-order valence-electron chi connectivity index (χ2n) is 8.28. The molecule has 0 saturated heterocycles. The van der Waals surface area contributed by atoms with E-state index in [0.717, 1.165) is 28.8 Å². The van der Waals surface area contributed by atoms with Crippen LogP contribution in [-0.4, -0.2) is 16.4 Å². The lowest BCUT2D eigenvalue weighted by atomic mass is 9.53. The molecule has 1 aromatic carbocycles. The maximum Gasteiger partial charge on any atom is 0.224 e. The summed E-state index contributed by atoms with van der Waals surface area (Å²) in [5, 5.41) is 4.65. The van der Waals surface area contributed by atoms with Crippen LogP contribution in [0.2, 0.25) is 0 Å². The van der Waals surface area contributed by atoms with Gasteiger partial charge in [0.1, 0.15) is 0 Å². The Hall–Kier alpha value is -1.77. The number of amides is 1. The molecule has 4 aliphatic carbocycles. The van der Waals surface area contributed by atoms with Gasteiger partial charge in [0.15, 0.2) is 0 Å². The summed E-state index contributed by atoms with van der Waals surface area (Å²) in [7, 11) is 0. The Morgan fingerprint density at radius 1 is 1.09 bits per heavy atom. The molecule has 0 unspecified atom stereocenters. The second kappa shape index (κ2) is 4.86. The molecule has 0 spiro atoms. The largest absolute Gasteiger partial charge is 0.361 e. The molecule has 3 nitrogen and oxygen atoms in total. The first-order valence-electron chi connectivity index (χ1n) is 9.05. The van der Waals surface area contributed by atoms with Crippen molar-refractivity contribution in [1.82, 2.24) is 10.3 Å². The first-order valence-corrected chi connectivity index (χ1v) is 9.05. The summed E-state index contributed by atoms with van der Waals surface area (Å²) in [6, 6.07) is 8.23. The van der Waals surface area contributed by atoms with Crippen LogP contribution in [0, 0.1) is 17.8 Å². The van der Waals surface area contributed by atoms with Gasteiger partial charge in [-0.1, -0.05) is 18.2 Å². The predicted molar refractivity (Wildman–Crippen MR) is 91.0 cm³/mol. The third kappa shape index (κ3) is 2.29. The molecule has 1 amide bonds. The number of hydrogen-bond acceptors (Lipinski definition) is 1. The van der Waals surface area contributed by atoms with Crippen molar-refractivity contribution in [3.05, 3.63) is 36.0 Å². The number of para-hydroxylation sites is 1. The van der Waals surface area contributed by atoms with Crippen molar-refractivity contribution >= 4 is 16.8 Å². The zero-order valence-electron chi connectivity index (χ0n) is 13.5. The number of H-pyrrole nitrogens is 1. The number of benzene rings is 1. The van der Waals surface area contributed by atoms with E-state index < -0.39 is 0 Å². The molecule has 0 aliphatic heterocycles. The zero-order valence-corrected chi connectivity index (χ0v) is 13.5. The van der Waals surface area contributed by atoms with Crippen LogP contribution < -0.4 is 5.32 Å². The lowest BCUT2D eigenvalue weighted by Gasteiger charge is -2.56. The van der Waals surface area contributed by atoms with E-state index >= 15 is 0 Å². The van der Waals surface area contributed by atoms with Gasteiger partial charge in [-0.15, -0.1) is 0 Å². The highest BCUT2D eigenvalue weighted by Crippen LogP contribution is 2.55. The summed E-state index contributed by atoms with van der Waals surface area (Å²) < 4.78 is 0. The zero-order chi connectivity index (χ0) is 15.4. The molecule has 6 rings (SSSR count). The molecule has 4 bridgehead atoms. The Balaban J connectivity index is 1.34. The topological polar surface area (TPSA) is 44.9 Å². The first-order chi connectivity index (χ1) is 11.2. The Morgan fingerprint density at radius 3 is 2.43 bits per heavy atom. The van der Waals surface area contributed by atoms with E-state index in [0.29, 0.717) is 6.42 Å². The minimum atomic E-state index is 0.123. The van der Waals surface area contributed by atoms with E-state index in [1.54, 1.807) is 0 Å². The standard InChI is InChI=1S/C20H24N2O/c23-19(8-16-12-21-18-4-2-1-3-17(16)18)22-20-9-13-5-14(10-20)7-15(6-13)11-20/h1-4,12-15,21H,5-11H2,(H,22,23). The third-order valence-electron chi connectivity index (χ3n) is 6.47. The lowest BCUT2D eigenvalue weighted by Crippen LogP contribution is -2.60. The van der Waals surface area contributed by atoms with Gasteiger partial charge in [0.2, 0.25) is 5.91 Å². The summed E-state index contributed by atoms with van der Waals surface area (Å²) in [4.78, 5) is 16.0. The van der Waals surface area contributed by atoms with Crippen LogP contribution in [0.4, 0.5) is 0 Å². The molecule has 120 valence electrons. The van der Waals surface area contributed by atoms with Crippen molar-refractivity contribution in [3.63, 3.8) is 0 Å². The fourth-order valence-corrected chi connectivity index (χ4v) is 6.05. The van der Waals surface area contributed by atoms with Crippen molar-refractivity contribution in [1.29, 1.82) is 0 Å². The van der Waals surface area contributed by atoms with Gasteiger partial charge in [-0.25, -0.2) is 0 Å². The molecule has 4 fully saturated rings. The molecule has 4 saturated carbocycles. The molecule has 2 N–H and O–H groups in total. The number of nitrogens with one attached hydrogen (secondary N) is 2. The maximum atomic E-state index is 12.7. The normalized spacial score (nSPS) is 34.9. The number of hydrogen-bond donors (Lipinski definition) is 2. The average Bonchev–Trinajstić information content (AvgIpc) is 2.88. The van der Waals surface area contributed by atoms with Crippen LogP contribution >= 0.6 is 0 Å². The number of rotatable bonds is 3. The number of carbonyl (C=O) groups is 1. The summed E-state index contributed by atoms with van der Waals surface area (Å²) in [6.45, 7) is 0. The monoisotopic (exact) mass is 308 g/mol. The number of fused-ring (bicyclic) bond motifs is 1. The third-order valence-corrected chi connectivity index (χ3v) is 6.47. The van der Waals surface area contributed by atoms with E-state index in [1.165, 1.54) is 43.9 Å². The molecule has 3 heteroatoms. The minimum Gasteiger partial charge on any atom is -0.361 e. The Labute approximate surface area is 136 Å². The van der Waals surface area contributed by atoms with Gasteiger partial charge in [0.25, 0.3) is 0 Å². The highest BCUT2D eigenvalue weighted by Gasteiger charge is 2.51. The first kappa shape index (κ1) is 13.6. The van der Waals surface area contributed by atoms with Gasteiger partial charge >= 0.3 is 0 Å². The van der Waals surface area contributed by atoms with Crippen molar-refractivity contribution in [3.8, 4) is 0 Å². The molecular formula is C20H24N2O. The van der Waals surface area contributed by atoms with Gasteiger partial charge in [0, 0.05) is 22.6 Å². The number of aromatic nitrogens is 1. The Bertz CT molecular complexity index is 725. The quantitative estimate of drug-likeness (QED) is 0.890. The smallest absolute Gasteiger partial charge is 0.224 e. The fraction of sp³-hybridized carbons (Fsp3) is 0.550. The number of carbonyl (C=O) groups excluding carboxylic acids is 1. The van der Waals surface area contributed by atoms with Crippen LogP contribution in [0.15, 0.2) is 30.5 Å². The minimum absolute atomic E-state index is 0.123. The van der Waals surface area contributed by atoms with Crippen LogP contribution in [0.25, 0.3) is 10.9 Å². The van der Waals surface area contributed by atoms with Gasteiger partial charge in [-0.2, -0.15) is 0 Å². The van der Waals surface area contributed by atoms with Crippen molar-refractivity contribution in [2.75, 3.05) is 0 Å². The van der Waals surface area contributed by atoms with Crippen LogP contribution in [0.1, 0.15) is 44.1 Å². The Kier molecular flexibility index (Phi) is 2.88. The second-order valence-corrected chi connectivity index (χ2v) is 8.28. The van der Waals surface area contributed by atoms with Gasteiger partial charge < -0.3 is 10.3 Å². The van der Waals surface area contributed by atoms with Crippen LogP contribution in [0.3, 0.4) is 0 Å². The molecule has 4 aliphatic rings. The summed E-state index contributed by atoms with van der Waals surface area (Å²) in [5.74, 6) is 2.82. The summed E-state index contributed by atoms with van der Waals surface area (Å²) in [6.07, 6.45) is 10.4. The average molecular weight is 308 g/mol. The molecule has 0 atom stereocenters. The summed E-state index contributed by atoms with van der Waals surface area (Å²) >= 11 is 0. The van der Waals surface area contributed by atoms with Crippen molar-refractivity contribution in [2.24, 2.45) is 17.8 Å². The van der Waals surface area contributed by atoms with E-state index in [2.05, 4.69) is 22.4 Å². The molecule has 0 radical (unpaired) electrons. The van der Waals surface area contributed by atoms with Crippen molar-refractivity contribution in [2.45, 2.75) is 50.5 Å². The summed E-state index contributed by atoms with van der Waals surface area (Å²) in [5.41, 5.74) is 2.35. The van der Waals surface area contributed by atoms with Gasteiger partial charge in [-0.05, 0) is 67.9 Å². The molecule has 1 heterocycles. The SMILES string of the molecule is O=C(Cc1c[nH]c2ccccc12)NC12CC3CC(CC(C3)C1)C2. The van der Waals surface area contributed by atoms with E-state index in [4.69, 9.17) is 0 Å². The fourth-order valence-electron chi connectivity index (χ4n) is 6.05. The Morgan fingerprint density at radius 2 is 1.74 bits per heavy atom. The molecule has 23 heavy (non-hydrogen) atoms. The van der Waals surface area contributed by atoms with Gasteiger partial charge in [-0.3, -0.25) is 4.79 Å². The van der Waals surface area contributed by atoms with Crippen LogP contribution in [-0.2, 0) is 11.2 Å². The predicted octanol–water partition coefficient (Wildman–Crippen LogP) is 3.80. The molecule has 2 aromatic rings. The van der Waals surface area contributed by atoms with Crippen LogP contribution in [0.5, 0.6) is 0 Å². The van der Waals surface area contributed by atoms with E-state index in [-0.39, 0.29) is 11.4 Å². The maximum absolute atomic E-state index is 12.7. The van der Waals surface area contributed by atoms with Crippen molar-refractivity contribution < 1.29 is 4.79 Å².